The van der Waals surface area contributed by atoms with E-state index in [1.165, 1.54) is 0 Å². The molecule has 0 aliphatic carbocycles. The highest BCUT2D eigenvalue weighted by Gasteiger charge is 2.16. The van der Waals surface area contributed by atoms with E-state index < -0.39 is 9.84 Å². The second-order valence-corrected chi connectivity index (χ2v) is 12.1. The average Bonchev–Trinajstić information content (AvgIpc) is 3.22. The molecule has 0 radical (unpaired) electrons. The number of carbonyl (C=O) groups excluding carboxylic acids is 1. The topological polar surface area (TPSA) is 68.2 Å². The van der Waals surface area contributed by atoms with E-state index in [1.54, 1.807) is 31.2 Å². The minimum atomic E-state index is -3.24. The molecule has 4 aromatic rings. The molecule has 188 valence electrons. The monoisotopic (exact) mass is 522 g/mol. The SMILES string of the molecule is CCS(=O)(=O)c1ccc(CNC(=O)c2ccc3c(c2)cc(Cc2ccc(C)cc2Cl)n3C(C)C)cc1. The van der Waals surface area contributed by atoms with Crippen molar-refractivity contribution in [3.8, 4) is 0 Å². The molecule has 3 aromatic carbocycles. The molecule has 0 bridgehead atoms. The lowest BCUT2D eigenvalue weighted by atomic mass is 10.1. The second-order valence-electron chi connectivity index (χ2n) is 9.37. The molecule has 1 amide bonds. The standard InChI is InChI=1S/C29H31ClN2O3S/c1-5-36(34,35)26-11-7-21(8-12-26)18-31-29(33)23-10-13-28-24(15-23)17-25(32(28)19(2)3)16-22-9-6-20(4)14-27(22)30/h6-15,17,19H,5,16,18H2,1-4H3,(H,31,33). The molecule has 0 aliphatic heterocycles. The molecule has 0 unspecified atom stereocenters. The zero-order valence-electron chi connectivity index (χ0n) is 21.0. The molecular weight excluding hydrogens is 492 g/mol. The van der Waals surface area contributed by atoms with E-state index in [1.807, 2.05) is 31.2 Å². The van der Waals surface area contributed by atoms with Gasteiger partial charge >= 0.3 is 0 Å². The Hall–Kier alpha value is -3.09. The normalized spacial score (nSPS) is 11.8. The van der Waals surface area contributed by atoms with Crippen LogP contribution in [0.4, 0.5) is 0 Å². The number of nitrogens with zero attached hydrogens (tertiary/aromatic N) is 1. The number of amides is 1. The Morgan fingerprint density at radius 2 is 1.72 bits per heavy atom. The third-order valence-corrected chi connectivity index (χ3v) is 8.50. The Bertz CT molecular complexity index is 1520. The predicted molar refractivity (Wildman–Crippen MR) is 147 cm³/mol. The van der Waals surface area contributed by atoms with Gasteiger partial charge in [0.25, 0.3) is 5.91 Å². The Morgan fingerprint density at radius 3 is 2.36 bits per heavy atom. The summed E-state index contributed by atoms with van der Waals surface area (Å²) < 4.78 is 26.3. The minimum absolute atomic E-state index is 0.0594. The highest BCUT2D eigenvalue weighted by atomic mass is 35.5. The fraction of sp³-hybridized carbons (Fsp3) is 0.276. The number of aryl methyl sites for hydroxylation is 1. The molecule has 0 saturated heterocycles. The van der Waals surface area contributed by atoms with Gasteiger partial charge in [-0.2, -0.15) is 0 Å². The van der Waals surface area contributed by atoms with Crippen LogP contribution in [-0.4, -0.2) is 24.6 Å². The highest BCUT2D eigenvalue weighted by Crippen LogP contribution is 2.29. The largest absolute Gasteiger partial charge is 0.348 e. The van der Waals surface area contributed by atoms with E-state index >= 15 is 0 Å². The number of halogens is 1. The van der Waals surface area contributed by atoms with Gasteiger partial charge in [-0.15, -0.1) is 0 Å². The van der Waals surface area contributed by atoms with Crippen LogP contribution in [-0.2, 0) is 22.8 Å². The van der Waals surface area contributed by atoms with Crippen molar-refractivity contribution in [2.45, 2.75) is 51.6 Å². The number of carbonyl (C=O) groups is 1. The lowest BCUT2D eigenvalue weighted by Crippen LogP contribution is -2.22. The van der Waals surface area contributed by atoms with Crippen molar-refractivity contribution in [3.05, 3.63) is 99.7 Å². The minimum Gasteiger partial charge on any atom is -0.348 e. The van der Waals surface area contributed by atoms with Crippen LogP contribution in [0.2, 0.25) is 5.02 Å². The van der Waals surface area contributed by atoms with Crippen molar-refractivity contribution in [1.29, 1.82) is 0 Å². The van der Waals surface area contributed by atoms with Crippen LogP contribution in [0.1, 0.15) is 59.6 Å². The first-order chi connectivity index (χ1) is 17.1. The summed E-state index contributed by atoms with van der Waals surface area (Å²) in [6.45, 7) is 8.26. The summed E-state index contributed by atoms with van der Waals surface area (Å²) >= 11 is 6.51. The molecule has 4 rings (SSSR count). The highest BCUT2D eigenvalue weighted by molar-refractivity contribution is 7.91. The van der Waals surface area contributed by atoms with Crippen molar-refractivity contribution in [3.63, 3.8) is 0 Å². The first-order valence-corrected chi connectivity index (χ1v) is 14.1. The van der Waals surface area contributed by atoms with E-state index in [9.17, 15) is 13.2 Å². The maximum Gasteiger partial charge on any atom is 0.251 e. The Balaban J connectivity index is 1.54. The molecule has 0 saturated carbocycles. The summed E-state index contributed by atoms with van der Waals surface area (Å²) in [7, 11) is -3.24. The molecular formula is C29H31ClN2O3S. The third kappa shape index (κ3) is 5.50. The molecule has 5 nitrogen and oxygen atoms in total. The number of fused-ring (bicyclic) bond motifs is 1. The van der Waals surface area contributed by atoms with Crippen molar-refractivity contribution in [1.82, 2.24) is 9.88 Å². The van der Waals surface area contributed by atoms with Gasteiger partial charge in [0.2, 0.25) is 0 Å². The van der Waals surface area contributed by atoms with Gasteiger partial charge in [0, 0.05) is 46.2 Å². The maximum absolute atomic E-state index is 12.9. The van der Waals surface area contributed by atoms with Crippen molar-refractivity contribution in [2.24, 2.45) is 0 Å². The number of rotatable bonds is 8. The molecule has 0 atom stereocenters. The molecule has 1 N–H and O–H groups in total. The van der Waals surface area contributed by atoms with Crippen molar-refractivity contribution >= 4 is 38.2 Å². The zero-order chi connectivity index (χ0) is 26.0. The van der Waals surface area contributed by atoms with Crippen LogP contribution >= 0.6 is 11.6 Å². The van der Waals surface area contributed by atoms with Crippen LogP contribution in [0.25, 0.3) is 10.9 Å². The fourth-order valence-electron chi connectivity index (χ4n) is 4.44. The quantitative estimate of drug-likeness (QED) is 0.287. The molecule has 1 aromatic heterocycles. The first-order valence-electron chi connectivity index (χ1n) is 12.1. The lowest BCUT2D eigenvalue weighted by Gasteiger charge is -2.15. The molecule has 0 spiro atoms. The van der Waals surface area contributed by atoms with Gasteiger partial charge < -0.3 is 9.88 Å². The third-order valence-electron chi connectivity index (χ3n) is 6.39. The molecule has 0 aliphatic rings. The number of sulfone groups is 1. The first kappa shape index (κ1) is 26.0. The van der Waals surface area contributed by atoms with Gasteiger partial charge in [-0.3, -0.25) is 4.79 Å². The van der Waals surface area contributed by atoms with E-state index in [2.05, 4.69) is 41.9 Å². The number of hydrogen-bond acceptors (Lipinski definition) is 3. The summed E-state index contributed by atoms with van der Waals surface area (Å²) in [5.74, 6) is -0.119. The number of hydrogen-bond donors (Lipinski definition) is 1. The van der Waals surface area contributed by atoms with E-state index in [-0.39, 0.29) is 17.7 Å². The van der Waals surface area contributed by atoms with Crippen molar-refractivity contribution in [2.75, 3.05) is 5.75 Å². The van der Waals surface area contributed by atoms with Crippen LogP contribution in [0.5, 0.6) is 0 Å². The Morgan fingerprint density at radius 1 is 1.00 bits per heavy atom. The molecule has 7 heteroatoms. The fourth-order valence-corrected chi connectivity index (χ4v) is 5.62. The van der Waals surface area contributed by atoms with Gasteiger partial charge in [0.15, 0.2) is 9.84 Å². The average molecular weight is 523 g/mol. The lowest BCUT2D eigenvalue weighted by molar-refractivity contribution is 0.0951. The summed E-state index contributed by atoms with van der Waals surface area (Å²) in [6.07, 6.45) is 0.706. The zero-order valence-corrected chi connectivity index (χ0v) is 22.6. The van der Waals surface area contributed by atoms with Crippen LogP contribution in [0, 0.1) is 6.92 Å². The van der Waals surface area contributed by atoms with Gasteiger partial charge in [-0.05, 0) is 79.9 Å². The van der Waals surface area contributed by atoms with Gasteiger partial charge in [0.1, 0.15) is 0 Å². The Labute approximate surface area is 218 Å². The number of benzene rings is 3. The maximum atomic E-state index is 12.9. The van der Waals surface area contributed by atoms with E-state index in [4.69, 9.17) is 11.6 Å². The van der Waals surface area contributed by atoms with Gasteiger partial charge in [-0.25, -0.2) is 8.42 Å². The predicted octanol–water partition coefficient (Wildman–Crippen LogP) is 6.50. The summed E-state index contributed by atoms with van der Waals surface area (Å²) in [5.41, 5.74) is 5.84. The smallest absolute Gasteiger partial charge is 0.251 e. The van der Waals surface area contributed by atoms with Crippen molar-refractivity contribution < 1.29 is 13.2 Å². The Kier molecular flexibility index (Phi) is 7.57. The van der Waals surface area contributed by atoms with Crippen LogP contribution in [0.3, 0.4) is 0 Å². The van der Waals surface area contributed by atoms with Gasteiger partial charge in [0.05, 0.1) is 10.6 Å². The molecule has 1 heterocycles. The summed E-state index contributed by atoms with van der Waals surface area (Å²) in [5, 5.41) is 4.70. The van der Waals surface area contributed by atoms with Crippen LogP contribution in [0.15, 0.2) is 71.6 Å². The van der Waals surface area contributed by atoms with Crippen LogP contribution < -0.4 is 5.32 Å². The summed E-state index contributed by atoms with van der Waals surface area (Å²) in [6, 6.07) is 20.9. The second kappa shape index (κ2) is 10.5. The summed E-state index contributed by atoms with van der Waals surface area (Å²) in [4.78, 5) is 13.2. The van der Waals surface area contributed by atoms with E-state index in [0.717, 1.165) is 38.3 Å². The number of aromatic nitrogens is 1. The number of nitrogens with one attached hydrogen (secondary N) is 1. The van der Waals surface area contributed by atoms with Gasteiger partial charge in [-0.1, -0.05) is 42.8 Å². The molecule has 36 heavy (non-hydrogen) atoms. The molecule has 0 fully saturated rings. The van der Waals surface area contributed by atoms with E-state index in [0.29, 0.717) is 23.4 Å².